The number of amides is 2. The van der Waals surface area contributed by atoms with Gasteiger partial charge in [-0.2, -0.15) is 0 Å². The first-order valence-electron chi connectivity index (χ1n) is 6.63. The molecule has 1 N–H and O–H groups in total. The summed E-state index contributed by atoms with van der Waals surface area (Å²) < 4.78 is 5.23. The van der Waals surface area contributed by atoms with E-state index in [9.17, 15) is 4.79 Å². The number of urea groups is 1. The van der Waals surface area contributed by atoms with Crippen LogP contribution in [0, 0.1) is 0 Å². The smallest absolute Gasteiger partial charge is 0.324 e. The highest BCUT2D eigenvalue weighted by Gasteiger charge is 2.21. The third-order valence-electron chi connectivity index (χ3n) is 3.22. The average molecular weight is 306 g/mol. The van der Waals surface area contributed by atoms with Gasteiger partial charge in [-0.25, -0.2) is 4.79 Å². The molecule has 1 aromatic heterocycles. The maximum atomic E-state index is 12.3. The topological polar surface area (TPSA) is 67.4 Å². The minimum atomic E-state index is -0.190. The molecule has 112 valence electrons. The van der Waals surface area contributed by atoms with Crippen molar-refractivity contribution in [3.8, 4) is 5.75 Å². The minimum Gasteiger partial charge on any atom is -0.497 e. The number of hydrogen-bond donors (Lipinski definition) is 1. The van der Waals surface area contributed by atoms with Crippen molar-refractivity contribution in [1.29, 1.82) is 0 Å². The van der Waals surface area contributed by atoms with Crippen molar-refractivity contribution in [2.45, 2.75) is 19.9 Å². The van der Waals surface area contributed by atoms with Gasteiger partial charge in [0.05, 0.1) is 13.2 Å². The summed E-state index contributed by atoms with van der Waals surface area (Å²) in [6, 6.07) is 7.46. The fourth-order valence-corrected chi connectivity index (χ4v) is 2.50. The number of carbonyl (C=O) groups is 1. The van der Waals surface area contributed by atoms with Gasteiger partial charge in [0.1, 0.15) is 11.3 Å². The Morgan fingerprint density at radius 2 is 2.33 bits per heavy atom. The van der Waals surface area contributed by atoms with Crippen molar-refractivity contribution in [2.24, 2.45) is 0 Å². The van der Waals surface area contributed by atoms with Gasteiger partial charge in [-0.1, -0.05) is 23.5 Å². The zero-order valence-corrected chi connectivity index (χ0v) is 13.1. The van der Waals surface area contributed by atoms with Crippen molar-refractivity contribution < 1.29 is 9.53 Å². The lowest BCUT2D eigenvalue weighted by Crippen LogP contribution is -2.36. The highest BCUT2D eigenvalue weighted by atomic mass is 32.1. The molecule has 7 heteroatoms. The van der Waals surface area contributed by atoms with Gasteiger partial charge in [0.15, 0.2) is 0 Å². The molecule has 0 saturated carbocycles. The first kappa shape index (κ1) is 15.2. The first-order chi connectivity index (χ1) is 10.2. The van der Waals surface area contributed by atoms with Gasteiger partial charge in [0.2, 0.25) is 5.13 Å². The monoisotopic (exact) mass is 306 g/mol. The Labute approximate surface area is 127 Å². The molecule has 6 nitrogen and oxygen atoms in total. The Kier molecular flexibility index (Phi) is 5.10. The second-order valence-corrected chi connectivity index (χ2v) is 5.25. The lowest BCUT2D eigenvalue weighted by molar-refractivity contribution is 0.197. The summed E-state index contributed by atoms with van der Waals surface area (Å²) in [4.78, 5) is 14.1. The zero-order chi connectivity index (χ0) is 15.2. The van der Waals surface area contributed by atoms with E-state index in [1.807, 2.05) is 38.1 Å². The maximum absolute atomic E-state index is 12.3. The van der Waals surface area contributed by atoms with Crippen LogP contribution < -0.4 is 10.1 Å². The quantitative estimate of drug-likeness (QED) is 0.921. The number of anilines is 1. The predicted octanol–water partition coefficient (Wildman–Crippen LogP) is 3.16. The Morgan fingerprint density at radius 3 is 2.95 bits per heavy atom. The molecule has 0 aliphatic heterocycles. The SMILES string of the molecule is CCN(C(=O)Nc1nncs1)[C@H](C)c1cccc(OC)c1. The number of aromatic nitrogens is 2. The van der Waals surface area contributed by atoms with E-state index in [4.69, 9.17) is 4.74 Å². The standard InChI is InChI=1S/C14H18N4O2S/c1-4-18(14(19)16-13-17-15-9-21-13)10(2)11-6-5-7-12(8-11)20-3/h5-10H,4H2,1-3H3,(H,16,17,19)/t10-/m1/s1. The minimum absolute atomic E-state index is 0.0713. The van der Waals surface area contributed by atoms with E-state index in [-0.39, 0.29) is 12.1 Å². The van der Waals surface area contributed by atoms with Crippen LogP contribution in [0.25, 0.3) is 0 Å². The molecule has 0 unspecified atom stereocenters. The first-order valence-corrected chi connectivity index (χ1v) is 7.51. The average Bonchev–Trinajstić information content (AvgIpc) is 3.00. The number of carbonyl (C=O) groups excluding carboxylic acids is 1. The summed E-state index contributed by atoms with van der Waals surface area (Å²) in [7, 11) is 1.63. The van der Waals surface area contributed by atoms with E-state index in [2.05, 4.69) is 15.5 Å². The molecule has 0 fully saturated rings. The summed E-state index contributed by atoms with van der Waals surface area (Å²) >= 11 is 1.29. The largest absolute Gasteiger partial charge is 0.497 e. The normalized spacial score (nSPS) is 11.8. The Hall–Kier alpha value is -2.15. The van der Waals surface area contributed by atoms with Crippen LogP contribution in [-0.2, 0) is 0 Å². The third-order valence-corrected chi connectivity index (χ3v) is 3.83. The van der Waals surface area contributed by atoms with Crippen LogP contribution in [0.2, 0.25) is 0 Å². The van der Waals surface area contributed by atoms with Gasteiger partial charge in [-0.05, 0) is 31.5 Å². The van der Waals surface area contributed by atoms with Crippen LogP contribution >= 0.6 is 11.3 Å². The van der Waals surface area contributed by atoms with Crippen molar-refractivity contribution in [3.63, 3.8) is 0 Å². The molecule has 1 atom stereocenters. The Morgan fingerprint density at radius 1 is 1.52 bits per heavy atom. The maximum Gasteiger partial charge on any atom is 0.324 e. The van der Waals surface area contributed by atoms with E-state index in [0.717, 1.165) is 11.3 Å². The molecule has 2 rings (SSSR count). The number of ether oxygens (including phenoxy) is 1. The van der Waals surface area contributed by atoms with E-state index in [1.165, 1.54) is 11.3 Å². The van der Waals surface area contributed by atoms with Crippen LogP contribution in [0.5, 0.6) is 5.75 Å². The Balaban J connectivity index is 2.13. The predicted molar refractivity (Wildman–Crippen MR) is 82.7 cm³/mol. The second-order valence-electron chi connectivity index (χ2n) is 4.41. The number of nitrogens with zero attached hydrogens (tertiary/aromatic N) is 3. The molecule has 0 spiro atoms. The lowest BCUT2D eigenvalue weighted by atomic mass is 10.1. The van der Waals surface area contributed by atoms with Crippen LogP contribution in [0.1, 0.15) is 25.5 Å². The summed E-state index contributed by atoms with van der Waals surface area (Å²) in [5, 5.41) is 10.8. The molecule has 2 amide bonds. The van der Waals surface area contributed by atoms with E-state index >= 15 is 0 Å². The number of nitrogens with one attached hydrogen (secondary N) is 1. The molecule has 0 aliphatic rings. The highest BCUT2D eigenvalue weighted by Crippen LogP contribution is 2.24. The fraction of sp³-hybridized carbons (Fsp3) is 0.357. The van der Waals surface area contributed by atoms with Crippen LogP contribution in [0.15, 0.2) is 29.8 Å². The van der Waals surface area contributed by atoms with Gasteiger partial charge in [-0.3, -0.25) is 5.32 Å². The lowest BCUT2D eigenvalue weighted by Gasteiger charge is -2.28. The van der Waals surface area contributed by atoms with E-state index in [0.29, 0.717) is 11.7 Å². The molecule has 0 radical (unpaired) electrons. The molecule has 0 saturated heterocycles. The number of hydrogen-bond acceptors (Lipinski definition) is 5. The van der Waals surface area contributed by atoms with Crippen molar-refractivity contribution >= 4 is 22.5 Å². The number of rotatable bonds is 5. The van der Waals surface area contributed by atoms with Crippen LogP contribution in [0.4, 0.5) is 9.93 Å². The molecule has 0 bridgehead atoms. The van der Waals surface area contributed by atoms with Crippen molar-refractivity contribution in [2.75, 3.05) is 19.0 Å². The summed E-state index contributed by atoms with van der Waals surface area (Å²) in [6.45, 7) is 4.51. The molecule has 0 aliphatic carbocycles. The van der Waals surface area contributed by atoms with Gasteiger partial charge in [0, 0.05) is 6.54 Å². The van der Waals surface area contributed by atoms with E-state index in [1.54, 1.807) is 17.5 Å². The number of methoxy groups -OCH3 is 1. The van der Waals surface area contributed by atoms with E-state index < -0.39 is 0 Å². The molecule has 2 aromatic rings. The van der Waals surface area contributed by atoms with Gasteiger partial charge >= 0.3 is 6.03 Å². The number of benzene rings is 1. The third kappa shape index (κ3) is 3.69. The molecular formula is C14H18N4O2S. The zero-order valence-electron chi connectivity index (χ0n) is 12.2. The second kappa shape index (κ2) is 7.03. The molecule has 21 heavy (non-hydrogen) atoms. The molecular weight excluding hydrogens is 288 g/mol. The van der Waals surface area contributed by atoms with Gasteiger partial charge in [-0.15, -0.1) is 10.2 Å². The van der Waals surface area contributed by atoms with Crippen molar-refractivity contribution in [1.82, 2.24) is 15.1 Å². The summed E-state index contributed by atoms with van der Waals surface area (Å²) in [5.74, 6) is 0.778. The van der Waals surface area contributed by atoms with Gasteiger partial charge < -0.3 is 9.64 Å². The Bertz CT molecular complexity index is 588. The summed E-state index contributed by atoms with van der Waals surface area (Å²) in [5.41, 5.74) is 2.60. The van der Waals surface area contributed by atoms with Crippen molar-refractivity contribution in [3.05, 3.63) is 35.3 Å². The highest BCUT2D eigenvalue weighted by molar-refractivity contribution is 7.13. The van der Waals surface area contributed by atoms with Gasteiger partial charge in [0.25, 0.3) is 0 Å². The molecule has 1 heterocycles. The summed E-state index contributed by atoms with van der Waals surface area (Å²) in [6.07, 6.45) is 0. The van der Waals surface area contributed by atoms with Crippen LogP contribution in [0.3, 0.4) is 0 Å². The fourth-order valence-electron chi connectivity index (χ4n) is 2.07. The van der Waals surface area contributed by atoms with Crippen LogP contribution in [-0.4, -0.2) is 34.8 Å². The molecule has 1 aromatic carbocycles.